The molecule has 0 amide bonds. The molecule has 1 heterocycles. The van der Waals surface area contributed by atoms with Crippen LogP contribution in [-0.4, -0.2) is 37.1 Å². The van der Waals surface area contributed by atoms with Crippen molar-refractivity contribution in [3.8, 4) is 11.8 Å². The van der Waals surface area contributed by atoms with Gasteiger partial charge in [0.2, 0.25) is 10.0 Å². The quantitative estimate of drug-likeness (QED) is 0.797. The fraction of sp³-hybridized carbons (Fsp3) is 0.444. The summed E-state index contributed by atoms with van der Waals surface area (Å²) >= 11 is 0. The molecular formula is C18H23N3O4S. The van der Waals surface area contributed by atoms with E-state index in [0.717, 1.165) is 12.8 Å². The predicted molar refractivity (Wildman–Crippen MR) is 96.6 cm³/mol. The summed E-state index contributed by atoms with van der Waals surface area (Å²) in [6.45, 7) is 2.24. The molecule has 1 aliphatic carbocycles. The van der Waals surface area contributed by atoms with Crippen LogP contribution in [0.25, 0.3) is 0 Å². The van der Waals surface area contributed by atoms with Gasteiger partial charge >= 0.3 is 6.01 Å². The molecule has 1 N–H and O–H groups in total. The van der Waals surface area contributed by atoms with Crippen molar-refractivity contribution in [2.45, 2.75) is 49.6 Å². The summed E-state index contributed by atoms with van der Waals surface area (Å²) < 4.78 is 39.4. The van der Waals surface area contributed by atoms with Crippen molar-refractivity contribution >= 4 is 10.0 Å². The third-order valence-electron chi connectivity index (χ3n) is 4.25. The average molecular weight is 377 g/mol. The van der Waals surface area contributed by atoms with Gasteiger partial charge in [-0.25, -0.2) is 23.1 Å². The molecule has 1 aliphatic rings. The Labute approximate surface area is 153 Å². The zero-order valence-corrected chi connectivity index (χ0v) is 15.5. The Balaban J connectivity index is 1.58. The predicted octanol–water partition coefficient (Wildman–Crippen LogP) is 2.54. The first-order chi connectivity index (χ1) is 12.6. The van der Waals surface area contributed by atoms with Crippen molar-refractivity contribution in [1.82, 2.24) is 14.7 Å². The fourth-order valence-corrected chi connectivity index (χ4v) is 4.47. The Morgan fingerprint density at radius 1 is 1.08 bits per heavy atom. The summed E-state index contributed by atoms with van der Waals surface area (Å²) in [6, 6.07) is 8.67. The van der Waals surface area contributed by atoms with Crippen LogP contribution in [0.1, 0.15) is 32.6 Å². The number of aromatic nitrogens is 2. The summed E-state index contributed by atoms with van der Waals surface area (Å²) in [5.74, 6) is 0.376. The van der Waals surface area contributed by atoms with Crippen molar-refractivity contribution in [1.29, 1.82) is 0 Å². The average Bonchev–Trinajstić information content (AvgIpc) is 2.65. The smallest absolute Gasteiger partial charge is 0.316 e. The number of hydrogen-bond donors (Lipinski definition) is 1. The number of para-hydroxylation sites is 1. The second-order valence-electron chi connectivity index (χ2n) is 6.12. The van der Waals surface area contributed by atoms with Crippen LogP contribution in [0, 0.1) is 0 Å². The maximum Gasteiger partial charge on any atom is 0.316 e. The van der Waals surface area contributed by atoms with Crippen LogP contribution in [0.3, 0.4) is 0 Å². The molecule has 7 nitrogen and oxygen atoms in total. The minimum absolute atomic E-state index is 0.00821. The monoisotopic (exact) mass is 377 g/mol. The van der Waals surface area contributed by atoms with Crippen LogP contribution in [0.15, 0.2) is 47.6 Å². The number of nitrogens with zero attached hydrogens (tertiary/aromatic N) is 2. The van der Waals surface area contributed by atoms with Gasteiger partial charge in [0.1, 0.15) is 16.7 Å². The Bertz CT molecular complexity index is 806. The molecule has 0 spiro atoms. The van der Waals surface area contributed by atoms with Crippen LogP contribution in [-0.2, 0) is 10.0 Å². The summed E-state index contributed by atoms with van der Waals surface area (Å²) in [4.78, 5) is 8.30. The van der Waals surface area contributed by atoms with Crippen LogP contribution < -0.4 is 14.2 Å². The highest BCUT2D eigenvalue weighted by Gasteiger charge is 2.28. The van der Waals surface area contributed by atoms with Gasteiger partial charge in [0.05, 0.1) is 6.61 Å². The van der Waals surface area contributed by atoms with Crippen molar-refractivity contribution in [2.75, 3.05) is 6.61 Å². The maximum absolute atomic E-state index is 12.7. The minimum Gasteiger partial charge on any atom is -0.492 e. The van der Waals surface area contributed by atoms with Gasteiger partial charge in [-0.2, -0.15) is 0 Å². The molecule has 1 fully saturated rings. The second kappa shape index (κ2) is 8.46. The Kier molecular flexibility index (Phi) is 6.05. The zero-order valence-electron chi connectivity index (χ0n) is 14.7. The molecule has 0 saturated heterocycles. The number of ether oxygens (including phenoxy) is 2. The minimum atomic E-state index is -3.63. The zero-order chi connectivity index (χ0) is 18.4. The summed E-state index contributed by atoms with van der Waals surface area (Å²) in [5, 5.41) is 0. The summed E-state index contributed by atoms with van der Waals surface area (Å²) in [5.41, 5.74) is 0. The third kappa shape index (κ3) is 4.70. The van der Waals surface area contributed by atoms with E-state index in [1.165, 1.54) is 0 Å². The van der Waals surface area contributed by atoms with E-state index in [2.05, 4.69) is 14.7 Å². The molecule has 1 aromatic heterocycles. The standard InChI is InChI=1S/C18H23N3O4S/c1-2-24-16-6-3-4-7-17(16)26(22,23)21-14-8-10-15(11-9-14)25-18-19-12-5-13-20-18/h3-7,12-15,21H,2,8-11H2,1H3. The summed E-state index contributed by atoms with van der Waals surface area (Å²) in [7, 11) is -3.63. The highest BCUT2D eigenvalue weighted by molar-refractivity contribution is 7.89. The van der Waals surface area contributed by atoms with Crippen molar-refractivity contribution in [2.24, 2.45) is 0 Å². The number of hydrogen-bond acceptors (Lipinski definition) is 6. The van der Waals surface area contributed by atoms with Crippen molar-refractivity contribution in [3.63, 3.8) is 0 Å². The van der Waals surface area contributed by atoms with E-state index in [-0.39, 0.29) is 17.0 Å². The van der Waals surface area contributed by atoms with Crippen molar-refractivity contribution in [3.05, 3.63) is 42.7 Å². The van der Waals surface area contributed by atoms with Gasteiger partial charge < -0.3 is 9.47 Å². The normalized spacial score (nSPS) is 20.5. The SMILES string of the molecule is CCOc1ccccc1S(=O)(=O)NC1CCC(Oc2ncccn2)CC1. The molecule has 8 heteroatoms. The molecule has 0 bridgehead atoms. The Morgan fingerprint density at radius 2 is 1.77 bits per heavy atom. The topological polar surface area (TPSA) is 90.4 Å². The molecule has 0 unspecified atom stereocenters. The number of sulfonamides is 1. The lowest BCUT2D eigenvalue weighted by molar-refractivity contribution is 0.132. The van der Waals surface area contributed by atoms with Crippen molar-refractivity contribution < 1.29 is 17.9 Å². The highest BCUT2D eigenvalue weighted by Crippen LogP contribution is 2.27. The van der Waals surface area contributed by atoms with Gasteiger partial charge in [-0.15, -0.1) is 0 Å². The van der Waals surface area contributed by atoms with Crippen LogP contribution in [0.4, 0.5) is 0 Å². The van der Waals surface area contributed by atoms with E-state index in [1.807, 2.05) is 6.92 Å². The molecular weight excluding hydrogens is 354 g/mol. The number of rotatable bonds is 7. The Morgan fingerprint density at radius 3 is 2.46 bits per heavy atom. The van der Waals surface area contributed by atoms with Gasteiger partial charge in [0.25, 0.3) is 0 Å². The Hall–Kier alpha value is -2.19. The lowest BCUT2D eigenvalue weighted by Crippen LogP contribution is -2.39. The molecule has 140 valence electrons. The lowest BCUT2D eigenvalue weighted by atomic mass is 9.94. The molecule has 0 atom stereocenters. The van der Waals surface area contributed by atoms with E-state index < -0.39 is 10.0 Å². The van der Waals surface area contributed by atoms with E-state index in [1.54, 1.807) is 42.7 Å². The molecule has 1 aromatic carbocycles. The third-order valence-corrected chi connectivity index (χ3v) is 5.81. The first-order valence-electron chi connectivity index (χ1n) is 8.76. The highest BCUT2D eigenvalue weighted by atomic mass is 32.2. The van der Waals surface area contributed by atoms with Gasteiger partial charge in [-0.3, -0.25) is 0 Å². The van der Waals surface area contributed by atoms with Gasteiger partial charge in [-0.05, 0) is 50.8 Å². The largest absolute Gasteiger partial charge is 0.492 e. The van der Waals surface area contributed by atoms with E-state index in [0.29, 0.717) is 31.2 Å². The van der Waals surface area contributed by atoms with Crippen LogP contribution in [0.2, 0.25) is 0 Å². The van der Waals surface area contributed by atoms with Crippen LogP contribution >= 0.6 is 0 Å². The van der Waals surface area contributed by atoms with Gasteiger partial charge in [0.15, 0.2) is 0 Å². The van der Waals surface area contributed by atoms with Gasteiger partial charge in [0, 0.05) is 18.4 Å². The molecule has 2 aromatic rings. The van der Waals surface area contributed by atoms with Gasteiger partial charge in [-0.1, -0.05) is 12.1 Å². The molecule has 0 aliphatic heterocycles. The first kappa shape index (κ1) is 18.6. The van der Waals surface area contributed by atoms with E-state index in [9.17, 15) is 8.42 Å². The first-order valence-corrected chi connectivity index (χ1v) is 10.2. The fourth-order valence-electron chi connectivity index (χ4n) is 3.02. The maximum atomic E-state index is 12.7. The van der Waals surface area contributed by atoms with E-state index >= 15 is 0 Å². The second-order valence-corrected chi connectivity index (χ2v) is 7.81. The lowest BCUT2D eigenvalue weighted by Gasteiger charge is -2.28. The summed E-state index contributed by atoms with van der Waals surface area (Å²) in [6.07, 6.45) is 6.18. The molecule has 0 radical (unpaired) electrons. The molecule has 3 rings (SSSR count). The van der Waals surface area contributed by atoms with E-state index in [4.69, 9.17) is 9.47 Å². The molecule has 26 heavy (non-hydrogen) atoms. The van der Waals surface area contributed by atoms with Crippen LogP contribution in [0.5, 0.6) is 11.8 Å². The molecule has 1 saturated carbocycles. The number of nitrogens with one attached hydrogen (secondary N) is 1. The number of benzene rings is 1.